The molecule has 3 aliphatic heterocycles. The second-order valence-corrected chi connectivity index (χ2v) is 26.8. The molecular weight excluding hydrogens is 1050 g/mol. The maximum absolute atomic E-state index is 14.5. The third kappa shape index (κ3) is 27.6. The Morgan fingerprint density at radius 3 is 0.699 bits per heavy atom. The van der Waals surface area contributed by atoms with E-state index in [-0.39, 0.29) is 17.7 Å². The molecule has 3 aromatic rings. The fourth-order valence-electron chi connectivity index (χ4n) is 12.0. The highest BCUT2D eigenvalue weighted by Gasteiger charge is 2.46. The lowest BCUT2D eigenvalue weighted by Crippen LogP contribution is -2.57. The van der Waals surface area contributed by atoms with Crippen molar-refractivity contribution in [1.29, 1.82) is 0 Å². The molecule has 0 saturated carbocycles. The normalized spacial score (nSPS) is 15.0. The Morgan fingerprint density at radius 1 is 0.313 bits per heavy atom. The fraction of sp³-hybridized carbons (Fsp3) is 0.708. The largest absolute Gasteiger partial charge is 0.475 e. The summed E-state index contributed by atoms with van der Waals surface area (Å²) in [5.41, 5.74) is 8.65. The molecule has 0 radical (unpaired) electrons. The molecule has 0 atom stereocenters. The summed E-state index contributed by atoms with van der Waals surface area (Å²) in [5, 5.41) is 0. The summed E-state index contributed by atoms with van der Waals surface area (Å²) in [5.74, 6) is 0.308. The maximum Gasteiger partial charge on any atom is 0.475 e. The quantitative estimate of drug-likeness (QED) is 0.0410. The maximum atomic E-state index is 14.5. The van der Waals surface area contributed by atoms with Gasteiger partial charge in [0.15, 0.2) is 0 Å². The topological polar surface area (TPSA) is 106 Å². The van der Waals surface area contributed by atoms with Crippen LogP contribution in [0.4, 0.5) is 0 Å². The van der Waals surface area contributed by atoms with Crippen molar-refractivity contribution in [3.8, 4) is 0 Å². The number of benzene rings is 3. The summed E-state index contributed by atoms with van der Waals surface area (Å²) in [6, 6.07) is 27.7. The first-order chi connectivity index (χ1) is 40.6. The van der Waals surface area contributed by atoms with Crippen LogP contribution in [0.15, 0.2) is 72.8 Å². The Hall–Kier alpha value is -3.82. The van der Waals surface area contributed by atoms with Crippen molar-refractivity contribution in [3.63, 3.8) is 0 Å². The zero-order valence-electron chi connectivity index (χ0n) is 52.6. The van der Waals surface area contributed by atoms with E-state index in [0.717, 1.165) is 77.0 Å². The summed E-state index contributed by atoms with van der Waals surface area (Å²) in [7, 11) is -4.07. The number of nitrogens with zero attached hydrogens (tertiary/aromatic N) is 3. The van der Waals surface area contributed by atoms with Gasteiger partial charge in [-0.3, -0.25) is 28.0 Å². The summed E-state index contributed by atoms with van der Waals surface area (Å²) in [6.07, 6.45) is 42.6. The smallest absolute Gasteiger partial charge is 0.337 e. The van der Waals surface area contributed by atoms with Crippen LogP contribution in [0.2, 0.25) is 0 Å². The van der Waals surface area contributed by atoms with Gasteiger partial charge in [-0.1, -0.05) is 228 Å². The summed E-state index contributed by atoms with van der Waals surface area (Å²) in [4.78, 5) is 44.8. The van der Waals surface area contributed by atoms with Crippen molar-refractivity contribution >= 4 is 25.5 Å². The lowest BCUT2D eigenvalue weighted by Gasteiger charge is -2.45. The molecule has 0 N–H and O–H groups in total. The molecule has 6 rings (SSSR count). The number of hydrogen-bond donors (Lipinski definition) is 0. The molecule has 3 aromatic carbocycles. The third-order valence-electron chi connectivity index (χ3n) is 17.8. The van der Waals surface area contributed by atoms with E-state index in [1.165, 1.54) is 187 Å². The van der Waals surface area contributed by atoms with E-state index in [1.807, 2.05) is 0 Å². The van der Waals surface area contributed by atoms with Crippen LogP contribution < -0.4 is 0 Å². The fourth-order valence-corrected chi connectivity index (χ4v) is 13.7. The third-order valence-corrected chi connectivity index (χ3v) is 19.4. The zero-order chi connectivity index (χ0) is 58.6. The molecule has 10 nitrogen and oxygen atoms in total. The van der Waals surface area contributed by atoms with E-state index in [0.29, 0.717) is 58.5 Å². The van der Waals surface area contributed by atoms with Gasteiger partial charge in [-0.2, -0.15) is 0 Å². The van der Waals surface area contributed by atoms with Gasteiger partial charge < -0.3 is 14.7 Å². The minimum absolute atomic E-state index is 0.103. The second-order valence-electron chi connectivity index (χ2n) is 25.3. The van der Waals surface area contributed by atoms with Crippen LogP contribution in [-0.4, -0.2) is 90.0 Å². The van der Waals surface area contributed by atoms with Crippen molar-refractivity contribution < 1.29 is 32.5 Å². The van der Waals surface area contributed by atoms with Gasteiger partial charge in [0.05, 0.1) is 0 Å². The number of unbranched alkanes of at least 4 members (excludes halogenated alkanes) is 24. The van der Waals surface area contributed by atoms with Crippen molar-refractivity contribution in [2.75, 3.05) is 39.3 Å². The van der Waals surface area contributed by atoms with Crippen molar-refractivity contribution in [1.82, 2.24) is 14.7 Å². The lowest BCUT2D eigenvalue weighted by molar-refractivity contribution is -0.147. The van der Waals surface area contributed by atoms with Crippen molar-refractivity contribution in [2.24, 2.45) is 0 Å². The van der Waals surface area contributed by atoms with Crippen molar-refractivity contribution in [2.45, 2.75) is 289 Å². The van der Waals surface area contributed by atoms with Gasteiger partial charge in [0.2, 0.25) is 17.7 Å². The SMILES string of the molecule is CCCCCCc1ccc(CCCCCCCCC(=O)N2CC(OP(=O)(OC3CN(C(=O)CCCCCCCCc4ccc(CCCCCC)cc4)C3)OC3CN(C(=O)CCCCCCCCc4ccc(CCCCCC)cc4)C3)C2)cc1. The predicted molar refractivity (Wildman–Crippen MR) is 343 cm³/mol. The Balaban J connectivity index is 0.834. The Morgan fingerprint density at radius 2 is 0.494 bits per heavy atom. The van der Waals surface area contributed by atoms with Crippen LogP contribution in [0.1, 0.15) is 266 Å². The van der Waals surface area contributed by atoms with Gasteiger partial charge in [0, 0.05) is 58.5 Å². The molecule has 83 heavy (non-hydrogen) atoms. The van der Waals surface area contributed by atoms with Gasteiger partial charge >= 0.3 is 7.82 Å². The highest BCUT2D eigenvalue weighted by atomic mass is 31.2. The first-order valence-electron chi connectivity index (χ1n) is 34.3. The van der Waals surface area contributed by atoms with Crippen molar-refractivity contribution in [3.05, 3.63) is 106 Å². The lowest BCUT2D eigenvalue weighted by atomic mass is 10.0. The molecule has 0 aliphatic carbocycles. The summed E-state index contributed by atoms with van der Waals surface area (Å²) >= 11 is 0. The molecule has 3 heterocycles. The van der Waals surface area contributed by atoms with Gasteiger partial charge in [0.25, 0.3) is 0 Å². The van der Waals surface area contributed by atoms with Gasteiger partial charge in [0.1, 0.15) is 18.3 Å². The first-order valence-corrected chi connectivity index (χ1v) is 35.8. The molecule has 3 fully saturated rings. The van der Waals surface area contributed by atoms with E-state index in [1.54, 1.807) is 14.7 Å². The minimum atomic E-state index is -4.07. The predicted octanol–water partition coefficient (Wildman–Crippen LogP) is 18.1. The standard InChI is InChI=1S/C72H114N3O7P/c1-4-7-10-25-34-61-43-49-64(50-44-61)37-28-19-13-16-22-31-40-70(76)73-55-67(56-73)80-83(79,81-68-57-74(58-68)71(77)41-32-23-17-14-20-29-38-65-51-45-62(46-52-65)35-26-11-8-5-2)82-69-59-75(60-69)72(78)42-33-24-18-15-21-30-39-66-53-47-63(48-54-66)36-27-12-9-6-3/h43-54,67-69H,4-42,55-60H2,1-3H3. The van der Waals surface area contributed by atoms with Crippen LogP contribution in [-0.2, 0) is 71.0 Å². The van der Waals surface area contributed by atoms with Crippen LogP contribution >= 0.6 is 7.82 Å². The van der Waals surface area contributed by atoms with Gasteiger partial charge in [-0.05, 0) is 130 Å². The number of phosphoric acid groups is 1. The number of rotatable bonds is 48. The Kier molecular flexibility index (Phi) is 33.4. The number of likely N-dealkylation sites (tertiary alicyclic amines) is 3. The number of carbonyl (C=O) groups is 3. The molecule has 3 aliphatic rings. The molecule has 464 valence electrons. The monoisotopic (exact) mass is 1160 g/mol. The Labute approximate surface area is 505 Å². The number of carbonyl (C=O) groups excluding carboxylic acids is 3. The Bertz CT molecular complexity index is 2000. The highest BCUT2D eigenvalue weighted by Crippen LogP contribution is 2.55. The number of hydrogen-bond acceptors (Lipinski definition) is 7. The van der Waals surface area contributed by atoms with E-state index in [9.17, 15) is 18.9 Å². The summed E-state index contributed by atoms with van der Waals surface area (Å²) < 4.78 is 32.9. The highest BCUT2D eigenvalue weighted by molar-refractivity contribution is 7.48. The molecule has 3 saturated heterocycles. The van der Waals surface area contributed by atoms with E-state index >= 15 is 0 Å². The number of phosphoric ester groups is 1. The average molecular weight is 1160 g/mol. The van der Waals surface area contributed by atoms with Crippen LogP contribution in [0.25, 0.3) is 0 Å². The molecule has 11 heteroatoms. The minimum Gasteiger partial charge on any atom is -0.337 e. The van der Waals surface area contributed by atoms with Gasteiger partial charge in [-0.15, -0.1) is 0 Å². The van der Waals surface area contributed by atoms with Crippen LogP contribution in [0, 0.1) is 0 Å². The molecule has 3 amide bonds. The summed E-state index contributed by atoms with van der Waals surface area (Å²) in [6.45, 7) is 8.86. The van der Waals surface area contributed by atoms with Crippen LogP contribution in [0.5, 0.6) is 0 Å². The molecule has 0 bridgehead atoms. The van der Waals surface area contributed by atoms with Gasteiger partial charge in [-0.25, -0.2) is 4.57 Å². The first kappa shape index (κ1) is 68.3. The van der Waals surface area contributed by atoms with E-state index in [4.69, 9.17) is 13.6 Å². The molecule has 0 spiro atoms. The zero-order valence-corrected chi connectivity index (χ0v) is 53.5. The molecule has 0 unspecified atom stereocenters. The molecule has 0 aromatic heterocycles. The van der Waals surface area contributed by atoms with Crippen LogP contribution in [0.3, 0.4) is 0 Å². The molecular formula is C72H114N3O7P. The number of aryl methyl sites for hydroxylation is 6. The average Bonchev–Trinajstić information content (AvgIpc) is 3.61. The van der Waals surface area contributed by atoms with E-state index < -0.39 is 26.1 Å². The van der Waals surface area contributed by atoms with E-state index in [2.05, 4.69) is 93.6 Å². The number of amides is 3. The second kappa shape index (κ2) is 40.5.